The predicted molar refractivity (Wildman–Crippen MR) is 75.3 cm³/mol. The summed E-state index contributed by atoms with van der Waals surface area (Å²) in [6, 6.07) is 1.97. The van der Waals surface area contributed by atoms with E-state index < -0.39 is 0 Å². The molecular formula is C14H25N3O2. The van der Waals surface area contributed by atoms with E-state index in [-0.39, 0.29) is 23.6 Å². The van der Waals surface area contributed by atoms with Gasteiger partial charge in [0.1, 0.15) is 11.6 Å². The van der Waals surface area contributed by atoms with Gasteiger partial charge in [0.15, 0.2) is 0 Å². The lowest BCUT2D eigenvalue weighted by atomic mass is 10.2. The fourth-order valence-electron chi connectivity index (χ4n) is 1.22. The van der Waals surface area contributed by atoms with Crippen LogP contribution in [0.1, 0.15) is 40.5 Å². The summed E-state index contributed by atoms with van der Waals surface area (Å²) in [7, 11) is 0. The van der Waals surface area contributed by atoms with Crippen LogP contribution < -0.4 is 10.6 Å². The number of hydrogen-bond acceptors (Lipinski definition) is 4. The van der Waals surface area contributed by atoms with Gasteiger partial charge in [-0.2, -0.15) is 5.26 Å². The van der Waals surface area contributed by atoms with Crippen LogP contribution in [0.3, 0.4) is 0 Å². The first-order valence-corrected chi connectivity index (χ1v) is 6.77. The summed E-state index contributed by atoms with van der Waals surface area (Å²) in [4.78, 5) is 11.7. The molecule has 1 amide bonds. The number of carbonyl (C=O) groups is 1. The zero-order valence-corrected chi connectivity index (χ0v) is 12.3. The van der Waals surface area contributed by atoms with E-state index in [1.54, 1.807) is 0 Å². The third-order valence-corrected chi connectivity index (χ3v) is 2.52. The lowest BCUT2D eigenvalue weighted by Crippen LogP contribution is -2.33. The Balaban J connectivity index is 3.99. The predicted octanol–water partition coefficient (Wildman–Crippen LogP) is 1.71. The molecule has 0 heterocycles. The molecule has 0 aliphatic heterocycles. The molecule has 108 valence electrons. The Morgan fingerprint density at radius 2 is 2.11 bits per heavy atom. The van der Waals surface area contributed by atoms with Gasteiger partial charge in [-0.3, -0.25) is 4.79 Å². The largest absolute Gasteiger partial charge is 0.390 e. The van der Waals surface area contributed by atoms with E-state index in [0.29, 0.717) is 13.2 Å². The summed E-state index contributed by atoms with van der Waals surface area (Å²) in [6.07, 6.45) is 3.37. The molecule has 0 aromatic heterocycles. The van der Waals surface area contributed by atoms with Crippen molar-refractivity contribution in [2.24, 2.45) is 0 Å². The van der Waals surface area contributed by atoms with Crippen molar-refractivity contribution in [1.82, 2.24) is 10.6 Å². The molecule has 0 aromatic rings. The molecule has 0 fully saturated rings. The molecule has 0 bridgehead atoms. The van der Waals surface area contributed by atoms with Crippen molar-refractivity contribution in [2.75, 3.05) is 13.2 Å². The molecule has 0 saturated carbocycles. The van der Waals surface area contributed by atoms with E-state index in [1.165, 1.54) is 6.20 Å². The Hall–Kier alpha value is -1.54. The molecule has 1 atom stereocenters. The second-order valence-corrected chi connectivity index (χ2v) is 4.68. The van der Waals surface area contributed by atoms with Gasteiger partial charge in [-0.25, -0.2) is 0 Å². The van der Waals surface area contributed by atoms with Crippen molar-refractivity contribution in [1.29, 1.82) is 5.26 Å². The summed E-state index contributed by atoms with van der Waals surface area (Å²) >= 11 is 0. The van der Waals surface area contributed by atoms with Gasteiger partial charge in [0.05, 0.1) is 6.10 Å². The van der Waals surface area contributed by atoms with Gasteiger partial charge in [-0.15, -0.1) is 0 Å². The smallest absolute Gasteiger partial charge is 0.263 e. The van der Waals surface area contributed by atoms with Crippen LogP contribution in [0, 0.1) is 11.3 Å². The van der Waals surface area contributed by atoms with Crippen LogP contribution in [0.25, 0.3) is 0 Å². The maximum atomic E-state index is 11.7. The zero-order valence-electron chi connectivity index (χ0n) is 12.3. The van der Waals surface area contributed by atoms with Crippen molar-refractivity contribution < 1.29 is 9.53 Å². The van der Waals surface area contributed by atoms with E-state index in [1.807, 2.05) is 33.8 Å². The number of hydrogen-bond donors (Lipinski definition) is 2. The summed E-state index contributed by atoms with van der Waals surface area (Å²) in [5.74, 6) is -0.331. The van der Waals surface area contributed by atoms with Crippen LogP contribution in [0.2, 0.25) is 0 Å². The fraction of sp³-hybridized carbons (Fsp3) is 0.714. The average molecular weight is 267 g/mol. The van der Waals surface area contributed by atoms with Crippen LogP contribution in [-0.4, -0.2) is 31.2 Å². The lowest BCUT2D eigenvalue weighted by molar-refractivity contribution is -0.117. The van der Waals surface area contributed by atoms with Crippen molar-refractivity contribution in [3.63, 3.8) is 0 Å². The topological polar surface area (TPSA) is 74.2 Å². The molecule has 0 aliphatic carbocycles. The van der Waals surface area contributed by atoms with Crippen molar-refractivity contribution in [3.05, 3.63) is 11.8 Å². The van der Waals surface area contributed by atoms with Crippen LogP contribution in [0.15, 0.2) is 11.8 Å². The number of nitriles is 1. The number of nitrogens with one attached hydrogen (secondary N) is 2. The molecule has 0 rings (SSSR count). The molecule has 0 aliphatic rings. The Kier molecular flexibility index (Phi) is 9.55. The number of rotatable bonds is 9. The van der Waals surface area contributed by atoms with Crippen LogP contribution in [-0.2, 0) is 9.53 Å². The minimum absolute atomic E-state index is 0.0729. The maximum Gasteiger partial charge on any atom is 0.263 e. The number of ether oxygens (including phenoxy) is 1. The minimum atomic E-state index is -0.331. The zero-order chi connectivity index (χ0) is 14.7. The molecule has 0 spiro atoms. The normalized spacial score (nSPS) is 12.9. The SMILES string of the molecule is CCC(C)NC(=O)/C(C#N)=C\NCCCOC(C)C. The Bertz CT molecular complexity index is 332. The number of carbonyl (C=O) groups excluding carboxylic acids is 1. The number of nitrogens with zero attached hydrogens (tertiary/aromatic N) is 1. The summed E-state index contributed by atoms with van der Waals surface area (Å²) < 4.78 is 5.38. The molecule has 2 N–H and O–H groups in total. The Morgan fingerprint density at radius 3 is 2.63 bits per heavy atom. The van der Waals surface area contributed by atoms with Gasteiger partial charge in [-0.05, 0) is 33.6 Å². The fourth-order valence-corrected chi connectivity index (χ4v) is 1.22. The Labute approximate surface area is 116 Å². The third-order valence-electron chi connectivity index (χ3n) is 2.52. The second kappa shape index (κ2) is 10.4. The molecule has 5 nitrogen and oxygen atoms in total. The quantitative estimate of drug-likeness (QED) is 0.379. The van der Waals surface area contributed by atoms with Crippen molar-refractivity contribution in [2.45, 2.75) is 52.7 Å². The van der Waals surface area contributed by atoms with E-state index in [2.05, 4.69) is 10.6 Å². The van der Waals surface area contributed by atoms with E-state index in [4.69, 9.17) is 10.00 Å². The summed E-state index contributed by atoms with van der Waals surface area (Å²) in [5, 5.41) is 14.6. The molecule has 0 aromatic carbocycles. The van der Waals surface area contributed by atoms with Crippen LogP contribution in [0.4, 0.5) is 0 Å². The highest BCUT2D eigenvalue weighted by molar-refractivity contribution is 5.97. The molecule has 0 saturated heterocycles. The van der Waals surface area contributed by atoms with Gasteiger partial charge in [-0.1, -0.05) is 6.92 Å². The van der Waals surface area contributed by atoms with Crippen molar-refractivity contribution >= 4 is 5.91 Å². The van der Waals surface area contributed by atoms with Crippen LogP contribution in [0.5, 0.6) is 0 Å². The first-order valence-electron chi connectivity index (χ1n) is 6.77. The standard InChI is InChI=1S/C14H25N3O2/c1-5-12(4)17-14(18)13(9-15)10-16-7-6-8-19-11(2)3/h10-12,16H,5-8H2,1-4H3,(H,17,18)/b13-10-. The molecule has 0 radical (unpaired) electrons. The molecule has 5 heteroatoms. The summed E-state index contributed by atoms with van der Waals surface area (Å²) in [6.45, 7) is 9.20. The highest BCUT2D eigenvalue weighted by Crippen LogP contribution is 1.95. The van der Waals surface area contributed by atoms with Gasteiger partial charge < -0.3 is 15.4 Å². The van der Waals surface area contributed by atoms with Gasteiger partial charge >= 0.3 is 0 Å². The van der Waals surface area contributed by atoms with Crippen molar-refractivity contribution in [3.8, 4) is 6.07 Å². The lowest BCUT2D eigenvalue weighted by Gasteiger charge is -2.10. The number of amides is 1. The molecule has 1 unspecified atom stereocenters. The second-order valence-electron chi connectivity index (χ2n) is 4.68. The monoisotopic (exact) mass is 267 g/mol. The van der Waals surface area contributed by atoms with Crippen LogP contribution >= 0.6 is 0 Å². The van der Waals surface area contributed by atoms with Gasteiger partial charge in [0.25, 0.3) is 5.91 Å². The minimum Gasteiger partial charge on any atom is -0.390 e. The maximum absolute atomic E-state index is 11.7. The van der Waals surface area contributed by atoms with E-state index in [0.717, 1.165) is 12.8 Å². The molecular weight excluding hydrogens is 242 g/mol. The highest BCUT2D eigenvalue weighted by atomic mass is 16.5. The third kappa shape index (κ3) is 9.09. The highest BCUT2D eigenvalue weighted by Gasteiger charge is 2.10. The van der Waals surface area contributed by atoms with E-state index >= 15 is 0 Å². The van der Waals surface area contributed by atoms with Gasteiger partial charge in [0.2, 0.25) is 0 Å². The Morgan fingerprint density at radius 1 is 1.42 bits per heavy atom. The first-order chi connectivity index (χ1) is 9.01. The first kappa shape index (κ1) is 17.5. The van der Waals surface area contributed by atoms with E-state index in [9.17, 15) is 4.79 Å². The average Bonchev–Trinajstić information content (AvgIpc) is 2.37. The summed E-state index contributed by atoms with van der Waals surface area (Å²) in [5.41, 5.74) is 0.102. The van der Waals surface area contributed by atoms with Gasteiger partial charge in [0, 0.05) is 25.4 Å². The molecule has 19 heavy (non-hydrogen) atoms.